The summed E-state index contributed by atoms with van der Waals surface area (Å²) in [4.78, 5) is 13.7. The highest BCUT2D eigenvalue weighted by Gasteiger charge is 2.11. The number of hydrogen-bond donors (Lipinski definition) is 2. The predicted molar refractivity (Wildman–Crippen MR) is 131 cm³/mol. The van der Waals surface area contributed by atoms with Crippen molar-refractivity contribution in [2.45, 2.75) is 25.7 Å². The minimum atomic E-state index is -0.292. The molecule has 1 unspecified atom stereocenters. The van der Waals surface area contributed by atoms with Gasteiger partial charge in [0.15, 0.2) is 5.82 Å². The topological polar surface area (TPSA) is 118 Å². The van der Waals surface area contributed by atoms with Crippen LogP contribution in [0.4, 0.5) is 11.6 Å². The lowest BCUT2D eigenvalue weighted by Crippen LogP contribution is -2.18. The maximum absolute atomic E-state index is 7.86. The van der Waals surface area contributed by atoms with Crippen LogP contribution in [0.25, 0.3) is 11.0 Å². The Balaban J connectivity index is 1.78. The van der Waals surface area contributed by atoms with Gasteiger partial charge in [0.25, 0.3) is 0 Å². The molecule has 3 rings (SSSR count). The van der Waals surface area contributed by atoms with Crippen LogP contribution >= 0.6 is 0 Å². The van der Waals surface area contributed by atoms with Gasteiger partial charge in [0.05, 0.1) is 36.4 Å². The van der Waals surface area contributed by atoms with Gasteiger partial charge in [0, 0.05) is 45.3 Å². The highest BCUT2D eigenvalue weighted by molar-refractivity contribution is 5.90. The van der Waals surface area contributed by atoms with Gasteiger partial charge < -0.3 is 20.2 Å². The van der Waals surface area contributed by atoms with Gasteiger partial charge in [-0.15, -0.1) is 5.10 Å². The predicted octanol–water partition coefficient (Wildman–Crippen LogP) is 4.00. The van der Waals surface area contributed by atoms with Crippen molar-refractivity contribution in [1.82, 2.24) is 20.2 Å². The number of nitrogens with one attached hydrogen (secondary N) is 2. The number of aromatic nitrogens is 4. The number of anilines is 2. The number of fused-ring (bicyclic) bond motifs is 1. The minimum absolute atomic E-state index is 0.171. The summed E-state index contributed by atoms with van der Waals surface area (Å²) in [7, 11) is 3.33. The highest BCUT2D eigenvalue weighted by atomic mass is 16.5. The van der Waals surface area contributed by atoms with Crippen molar-refractivity contribution in [3.05, 3.63) is 47.8 Å². The zero-order valence-electron chi connectivity index (χ0n) is 19.5. The molecule has 2 N–H and O–H groups in total. The SMILES string of the molecule is COCC(CN=CC(C=N)c1cnc2ccc(Nc3cc(C(C)C)cnn3)nc2c1)COC. The van der Waals surface area contributed by atoms with E-state index in [4.69, 9.17) is 14.9 Å². The first-order chi connectivity index (χ1) is 16.0. The molecule has 174 valence electrons. The van der Waals surface area contributed by atoms with Crippen LogP contribution in [0.3, 0.4) is 0 Å². The van der Waals surface area contributed by atoms with Crippen LogP contribution in [-0.4, -0.2) is 66.6 Å². The van der Waals surface area contributed by atoms with Gasteiger partial charge >= 0.3 is 0 Å². The molecule has 33 heavy (non-hydrogen) atoms. The molecule has 9 nitrogen and oxygen atoms in total. The number of pyridine rings is 2. The van der Waals surface area contributed by atoms with Crippen molar-refractivity contribution in [2.24, 2.45) is 10.9 Å². The third-order valence-corrected chi connectivity index (χ3v) is 5.16. The van der Waals surface area contributed by atoms with E-state index in [-0.39, 0.29) is 11.8 Å². The number of nitrogens with zero attached hydrogens (tertiary/aromatic N) is 5. The van der Waals surface area contributed by atoms with Crippen molar-refractivity contribution in [3.8, 4) is 0 Å². The molecule has 3 aromatic heterocycles. The molecule has 0 fully saturated rings. The van der Waals surface area contributed by atoms with Crippen LogP contribution in [-0.2, 0) is 9.47 Å². The summed E-state index contributed by atoms with van der Waals surface area (Å²) in [5, 5.41) is 19.3. The van der Waals surface area contributed by atoms with E-state index < -0.39 is 0 Å². The Morgan fingerprint density at radius 3 is 2.52 bits per heavy atom. The van der Waals surface area contributed by atoms with E-state index in [0.717, 1.165) is 22.2 Å². The van der Waals surface area contributed by atoms with E-state index in [2.05, 4.69) is 44.3 Å². The number of ether oxygens (including phenoxy) is 2. The third-order valence-electron chi connectivity index (χ3n) is 5.16. The van der Waals surface area contributed by atoms with Gasteiger partial charge in [-0.05, 0) is 41.3 Å². The van der Waals surface area contributed by atoms with Gasteiger partial charge in [-0.2, -0.15) is 5.10 Å². The number of aliphatic imine (C=N–C) groups is 1. The Morgan fingerprint density at radius 2 is 1.82 bits per heavy atom. The lowest BCUT2D eigenvalue weighted by Gasteiger charge is -2.13. The molecule has 9 heteroatoms. The van der Waals surface area contributed by atoms with E-state index in [1.165, 1.54) is 6.21 Å². The zero-order valence-corrected chi connectivity index (χ0v) is 19.5. The second kappa shape index (κ2) is 12.1. The molecule has 0 spiro atoms. The molecule has 0 saturated carbocycles. The average molecular weight is 450 g/mol. The Bertz CT molecular complexity index is 1080. The Hall–Kier alpha value is -3.30. The lowest BCUT2D eigenvalue weighted by atomic mass is 10.0. The van der Waals surface area contributed by atoms with Gasteiger partial charge in [-0.25, -0.2) is 4.98 Å². The first kappa shape index (κ1) is 24.3. The van der Waals surface area contributed by atoms with E-state index in [1.54, 1.807) is 32.8 Å². The largest absolute Gasteiger partial charge is 0.384 e. The summed E-state index contributed by atoms with van der Waals surface area (Å²) in [5.74, 6) is 1.53. The van der Waals surface area contributed by atoms with E-state index in [9.17, 15) is 0 Å². The van der Waals surface area contributed by atoms with E-state index >= 15 is 0 Å². The highest BCUT2D eigenvalue weighted by Crippen LogP contribution is 2.21. The van der Waals surface area contributed by atoms with Gasteiger partial charge in [0.1, 0.15) is 5.82 Å². The monoisotopic (exact) mass is 449 g/mol. The molecule has 3 aromatic rings. The molecule has 0 bridgehead atoms. The molecule has 3 heterocycles. The Morgan fingerprint density at radius 1 is 1.03 bits per heavy atom. The van der Waals surface area contributed by atoms with Crippen LogP contribution in [0.1, 0.15) is 36.8 Å². The van der Waals surface area contributed by atoms with Crippen LogP contribution in [0.15, 0.2) is 41.7 Å². The molecular weight excluding hydrogens is 418 g/mol. The number of rotatable bonds is 12. The summed E-state index contributed by atoms with van der Waals surface area (Å²) in [6, 6.07) is 7.68. The summed E-state index contributed by atoms with van der Waals surface area (Å²) < 4.78 is 10.4. The zero-order chi connectivity index (χ0) is 23.6. The maximum Gasteiger partial charge on any atom is 0.154 e. The molecule has 0 radical (unpaired) electrons. The molecule has 0 aromatic carbocycles. The average Bonchev–Trinajstić information content (AvgIpc) is 2.82. The Labute approximate surface area is 194 Å². The molecule has 0 aliphatic rings. The van der Waals surface area contributed by atoms with Crippen LogP contribution in [0.2, 0.25) is 0 Å². The van der Waals surface area contributed by atoms with Gasteiger partial charge in [-0.1, -0.05) is 13.8 Å². The van der Waals surface area contributed by atoms with Gasteiger partial charge in [0.2, 0.25) is 0 Å². The first-order valence-corrected chi connectivity index (χ1v) is 10.9. The van der Waals surface area contributed by atoms with E-state index in [1.807, 2.05) is 24.3 Å². The number of methoxy groups -OCH3 is 2. The fraction of sp³-hybridized carbons (Fsp3) is 0.417. The molecule has 0 amide bonds. The van der Waals surface area contributed by atoms with Crippen molar-refractivity contribution >= 4 is 35.1 Å². The van der Waals surface area contributed by atoms with E-state index in [0.29, 0.717) is 37.3 Å². The van der Waals surface area contributed by atoms with Crippen molar-refractivity contribution in [2.75, 3.05) is 39.3 Å². The molecular formula is C24H31N7O2. The van der Waals surface area contributed by atoms with Crippen LogP contribution in [0, 0.1) is 11.3 Å². The molecule has 0 aliphatic heterocycles. The molecule has 0 aliphatic carbocycles. The summed E-state index contributed by atoms with van der Waals surface area (Å²) in [6.07, 6.45) is 6.65. The lowest BCUT2D eigenvalue weighted by molar-refractivity contribution is 0.0889. The molecule has 1 atom stereocenters. The second-order valence-corrected chi connectivity index (χ2v) is 8.14. The summed E-state index contributed by atoms with van der Waals surface area (Å²) in [6.45, 7) is 5.93. The quantitative estimate of drug-likeness (QED) is 0.401. The van der Waals surface area contributed by atoms with Crippen LogP contribution in [0.5, 0.6) is 0 Å². The normalized spacial score (nSPS) is 12.7. The number of hydrogen-bond acceptors (Lipinski definition) is 9. The van der Waals surface area contributed by atoms with Crippen molar-refractivity contribution < 1.29 is 9.47 Å². The fourth-order valence-electron chi connectivity index (χ4n) is 3.34. The second-order valence-electron chi connectivity index (χ2n) is 8.14. The Kier molecular flexibility index (Phi) is 8.91. The summed E-state index contributed by atoms with van der Waals surface area (Å²) >= 11 is 0. The van der Waals surface area contributed by atoms with Crippen LogP contribution < -0.4 is 5.32 Å². The maximum atomic E-state index is 7.86. The standard InChI is InChI=1S/C24H31N7O2/c1-16(2)18-8-24(31-28-13-18)30-23-6-5-21-22(29-23)7-19(12-27-21)20(9-25)11-26-10-17(14-32-3)15-33-4/h5-9,11-13,16-17,20,25H,10,14-15H2,1-4H3,(H,29,30,31). The third kappa shape index (κ3) is 6.84. The van der Waals surface area contributed by atoms with Crippen molar-refractivity contribution in [3.63, 3.8) is 0 Å². The first-order valence-electron chi connectivity index (χ1n) is 10.9. The van der Waals surface area contributed by atoms with Gasteiger partial charge in [-0.3, -0.25) is 9.98 Å². The smallest absolute Gasteiger partial charge is 0.154 e. The van der Waals surface area contributed by atoms with Crippen molar-refractivity contribution in [1.29, 1.82) is 5.41 Å². The fourth-order valence-corrected chi connectivity index (χ4v) is 3.34. The molecule has 0 saturated heterocycles. The minimum Gasteiger partial charge on any atom is -0.384 e. The summed E-state index contributed by atoms with van der Waals surface area (Å²) in [5.41, 5.74) is 3.45.